The molecule has 0 atom stereocenters. The van der Waals surface area contributed by atoms with Gasteiger partial charge in [0, 0.05) is 18.0 Å². The lowest BCUT2D eigenvalue weighted by Gasteiger charge is -2.00. The normalized spacial score (nSPS) is 14.7. The zero-order valence-electron chi connectivity index (χ0n) is 11.5. The maximum atomic E-state index is 13.4. The fourth-order valence-corrected chi connectivity index (χ4v) is 2.16. The van der Waals surface area contributed by atoms with E-state index in [9.17, 15) is 4.39 Å². The Balaban J connectivity index is 1.60. The van der Waals surface area contributed by atoms with Gasteiger partial charge in [0.05, 0.1) is 0 Å². The average Bonchev–Trinajstić information content (AvgIpc) is 3.10. The Labute approximate surface area is 117 Å². The topological polar surface area (TPSA) is 51.0 Å². The Kier molecular flexibility index (Phi) is 3.78. The molecule has 0 radical (unpaired) electrons. The quantitative estimate of drug-likeness (QED) is 0.824. The summed E-state index contributed by atoms with van der Waals surface area (Å²) in [5.74, 6) is 0.714. The maximum absolute atomic E-state index is 13.4. The van der Waals surface area contributed by atoms with Crippen LogP contribution in [0.5, 0.6) is 0 Å². The second-order valence-corrected chi connectivity index (χ2v) is 5.35. The van der Waals surface area contributed by atoms with Crippen molar-refractivity contribution in [2.24, 2.45) is 0 Å². The summed E-state index contributed by atoms with van der Waals surface area (Å²) >= 11 is 0. The molecule has 0 saturated heterocycles. The van der Waals surface area contributed by atoms with E-state index in [1.807, 2.05) is 13.0 Å². The van der Waals surface area contributed by atoms with E-state index in [2.05, 4.69) is 15.5 Å². The molecule has 1 saturated carbocycles. The van der Waals surface area contributed by atoms with Gasteiger partial charge in [0.1, 0.15) is 5.82 Å². The van der Waals surface area contributed by atoms with Crippen molar-refractivity contribution < 1.29 is 8.81 Å². The van der Waals surface area contributed by atoms with E-state index in [0.717, 1.165) is 31.0 Å². The second kappa shape index (κ2) is 5.71. The van der Waals surface area contributed by atoms with Crippen LogP contribution < -0.4 is 5.32 Å². The fraction of sp³-hybridized carbons (Fsp3) is 0.467. The first kappa shape index (κ1) is 13.2. The first-order chi connectivity index (χ1) is 9.70. The summed E-state index contributed by atoms with van der Waals surface area (Å²) in [7, 11) is 0. The summed E-state index contributed by atoms with van der Waals surface area (Å²) in [5.41, 5.74) is 1.48. The van der Waals surface area contributed by atoms with Crippen LogP contribution in [-0.2, 0) is 6.42 Å². The number of hydrogen-bond donors (Lipinski definition) is 1. The van der Waals surface area contributed by atoms with Gasteiger partial charge in [0.25, 0.3) is 0 Å². The minimum Gasteiger partial charge on any atom is -0.421 e. The van der Waals surface area contributed by atoms with E-state index in [1.54, 1.807) is 0 Å². The molecule has 0 spiro atoms. The van der Waals surface area contributed by atoms with Crippen molar-refractivity contribution in [3.8, 4) is 11.5 Å². The molecule has 3 rings (SSSR count). The molecule has 1 aliphatic carbocycles. The van der Waals surface area contributed by atoms with Crippen LogP contribution in [0.1, 0.15) is 30.7 Å². The number of halogens is 1. The van der Waals surface area contributed by atoms with Crippen LogP contribution in [0.25, 0.3) is 11.5 Å². The summed E-state index contributed by atoms with van der Waals surface area (Å²) in [6.07, 6.45) is 4.31. The summed E-state index contributed by atoms with van der Waals surface area (Å²) < 4.78 is 18.9. The highest BCUT2D eigenvalue weighted by Crippen LogP contribution is 2.21. The van der Waals surface area contributed by atoms with Crippen LogP contribution >= 0.6 is 0 Å². The number of aryl methyl sites for hydroxylation is 2. The fourth-order valence-electron chi connectivity index (χ4n) is 2.16. The number of aromatic nitrogens is 2. The Morgan fingerprint density at radius 3 is 2.90 bits per heavy atom. The van der Waals surface area contributed by atoms with Gasteiger partial charge >= 0.3 is 0 Å². The van der Waals surface area contributed by atoms with Crippen molar-refractivity contribution in [1.82, 2.24) is 15.5 Å². The van der Waals surface area contributed by atoms with E-state index >= 15 is 0 Å². The molecule has 1 aromatic heterocycles. The molecule has 20 heavy (non-hydrogen) atoms. The molecule has 0 unspecified atom stereocenters. The number of rotatable bonds is 6. The van der Waals surface area contributed by atoms with Gasteiger partial charge in [-0.25, -0.2) is 4.39 Å². The number of nitrogens with one attached hydrogen (secondary N) is 1. The van der Waals surface area contributed by atoms with Gasteiger partial charge < -0.3 is 9.73 Å². The lowest BCUT2D eigenvalue weighted by molar-refractivity contribution is 0.490. The summed E-state index contributed by atoms with van der Waals surface area (Å²) in [6, 6.07) is 5.46. The van der Waals surface area contributed by atoms with Crippen LogP contribution in [0.2, 0.25) is 0 Å². The molecule has 1 N–H and O–H groups in total. The smallest absolute Gasteiger partial charge is 0.247 e. The first-order valence-corrected chi connectivity index (χ1v) is 7.04. The minimum atomic E-state index is -0.284. The van der Waals surface area contributed by atoms with Gasteiger partial charge in [-0.05, 0) is 56.5 Å². The predicted octanol–water partition coefficient (Wildman–Crippen LogP) is 2.87. The molecule has 0 amide bonds. The van der Waals surface area contributed by atoms with Crippen LogP contribution in [-0.4, -0.2) is 22.8 Å². The molecule has 5 heteroatoms. The van der Waals surface area contributed by atoms with Crippen LogP contribution in [0.15, 0.2) is 22.6 Å². The lowest BCUT2D eigenvalue weighted by atomic mass is 10.1. The predicted molar refractivity (Wildman–Crippen MR) is 73.8 cm³/mol. The van der Waals surface area contributed by atoms with Crippen molar-refractivity contribution in [2.75, 3.05) is 6.54 Å². The van der Waals surface area contributed by atoms with Gasteiger partial charge in [-0.15, -0.1) is 10.2 Å². The van der Waals surface area contributed by atoms with Gasteiger partial charge in [0.15, 0.2) is 0 Å². The van der Waals surface area contributed by atoms with E-state index in [0.29, 0.717) is 17.3 Å². The standard InChI is InChI=1S/C15H18FN3O/c1-10-7-11(9-12(16)8-10)15-19-18-14(20-15)3-2-6-17-13-4-5-13/h7-9,13,17H,2-6H2,1H3. The zero-order valence-corrected chi connectivity index (χ0v) is 11.5. The van der Waals surface area contributed by atoms with E-state index in [4.69, 9.17) is 4.42 Å². The number of hydrogen-bond acceptors (Lipinski definition) is 4. The average molecular weight is 275 g/mol. The van der Waals surface area contributed by atoms with Gasteiger partial charge in [-0.2, -0.15) is 0 Å². The van der Waals surface area contributed by atoms with Crippen molar-refractivity contribution in [2.45, 2.75) is 38.6 Å². The van der Waals surface area contributed by atoms with Gasteiger partial charge in [-0.3, -0.25) is 0 Å². The molecule has 4 nitrogen and oxygen atoms in total. The minimum absolute atomic E-state index is 0.284. The third kappa shape index (κ3) is 3.42. The molecule has 1 aliphatic rings. The van der Waals surface area contributed by atoms with Crippen LogP contribution in [0.4, 0.5) is 4.39 Å². The molecule has 1 fully saturated rings. The number of nitrogens with zero attached hydrogens (tertiary/aromatic N) is 2. The lowest BCUT2D eigenvalue weighted by Crippen LogP contribution is -2.17. The number of benzene rings is 1. The van der Waals surface area contributed by atoms with E-state index in [-0.39, 0.29) is 5.82 Å². The van der Waals surface area contributed by atoms with Crippen molar-refractivity contribution in [3.63, 3.8) is 0 Å². The molecule has 0 aliphatic heterocycles. The molecule has 2 aromatic rings. The van der Waals surface area contributed by atoms with Gasteiger partial charge in [0.2, 0.25) is 11.8 Å². The van der Waals surface area contributed by atoms with Crippen LogP contribution in [0.3, 0.4) is 0 Å². The molecular formula is C15H18FN3O. The van der Waals surface area contributed by atoms with Crippen LogP contribution in [0, 0.1) is 12.7 Å². The van der Waals surface area contributed by atoms with Crippen molar-refractivity contribution in [3.05, 3.63) is 35.5 Å². The Hall–Kier alpha value is -1.75. The molecule has 106 valence electrons. The molecule has 1 heterocycles. The van der Waals surface area contributed by atoms with E-state index < -0.39 is 0 Å². The maximum Gasteiger partial charge on any atom is 0.247 e. The summed E-state index contributed by atoms with van der Waals surface area (Å²) in [5, 5.41) is 11.4. The molecule has 1 aromatic carbocycles. The zero-order chi connectivity index (χ0) is 13.9. The highest BCUT2D eigenvalue weighted by molar-refractivity contribution is 5.53. The molecule has 0 bridgehead atoms. The van der Waals surface area contributed by atoms with E-state index in [1.165, 1.54) is 25.0 Å². The SMILES string of the molecule is Cc1cc(F)cc(-c2nnc(CCCNC3CC3)o2)c1. The Bertz CT molecular complexity index is 572. The Morgan fingerprint density at radius 2 is 2.15 bits per heavy atom. The third-order valence-electron chi connectivity index (χ3n) is 3.33. The second-order valence-electron chi connectivity index (χ2n) is 5.35. The monoisotopic (exact) mass is 275 g/mol. The summed E-state index contributed by atoms with van der Waals surface area (Å²) in [4.78, 5) is 0. The third-order valence-corrected chi connectivity index (χ3v) is 3.33. The van der Waals surface area contributed by atoms with Crippen molar-refractivity contribution >= 4 is 0 Å². The highest BCUT2D eigenvalue weighted by atomic mass is 19.1. The van der Waals surface area contributed by atoms with Crippen molar-refractivity contribution in [1.29, 1.82) is 0 Å². The largest absolute Gasteiger partial charge is 0.421 e. The summed E-state index contributed by atoms with van der Waals surface area (Å²) in [6.45, 7) is 2.81. The van der Waals surface area contributed by atoms with Gasteiger partial charge in [-0.1, -0.05) is 0 Å². The Morgan fingerprint density at radius 1 is 1.30 bits per heavy atom. The first-order valence-electron chi connectivity index (χ1n) is 7.04. The highest BCUT2D eigenvalue weighted by Gasteiger charge is 2.19. The molecular weight excluding hydrogens is 257 g/mol.